The van der Waals surface area contributed by atoms with Crippen LogP contribution in [0, 0.1) is 0 Å². The average molecular weight is 406 g/mol. The van der Waals surface area contributed by atoms with Crippen molar-refractivity contribution in [2.75, 3.05) is 6.54 Å². The molecule has 0 unspecified atom stereocenters. The molecule has 0 aliphatic heterocycles. The van der Waals surface area contributed by atoms with E-state index < -0.39 is 0 Å². The summed E-state index contributed by atoms with van der Waals surface area (Å²) in [7, 11) is 0. The number of carbonyl (C=O) groups excluding carboxylic acids is 1. The van der Waals surface area contributed by atoms with Gasteiger partial charge in [0.05, 0.1) is 6.33 Å². The maximum atomic E-state index is 11.6. The van der Waals surface area contributed by atoms with Crippen molar-refractivity contribution in [1.82, 2.24) is 14.9 Å². The van der Waals surface area contributed by atoms with E-state index in [-0.39, 0.29) is 5.91 Å². The zero-order valence-corrected chi connectivity index (χ0v) is 18.4. The number of imidazole rings is 1. The number of benzene rings is 2. The van der Waals surface area contributed by atoms with Gasteiger partial charge in [0, 0.05) is 30.2 Å². The number of hydrogen-bond acceptors (Lipinski definition) is 2. The lowest BCUT2D eigenvalue weighted by Crippen LogP contribution is -2.22. The standard InChI is InChI=1S/C17H27NO.C9H8N2/c1-3-5-6-7-8-9-10-15-11-13-16(14-12-15)17(19)18-4-2;1-2-4-9(5-3-1)11-7-6-10-8-11/h11-14H,3-10H2,1-2H3,(H,18,19);1-8H. The second-order valence-corrected chi connectivity index (χ2v) is 7.38. The number of hydrogen-bond donors (Lipinski definition) is 1. The molecular formula is C26H35N3O. The maximum Gasteiger partial charge on any atom is 0.251 e. The summed E-state index contributed by atoms with van der Waals surface area (Å²) in [6, 6.07) is 18.1. The number of carbonyl (C=O) groups is 1. The Bertz CT molecular complexity index is 811. The van der Waals surface area contributed by atoms with Gasteiger partial charge in [-0.3, -0.25) is 4.79 Å². The second-order valence-electron chi connectivity index (χ2n) is 7.38. The fraction of sp³-hybridized carbons (Fsp3) is 0.385. The minimum Gasteiger partial charge on any atom is -0.352 e. The predicted octanol–water partition coefficient (Wildman–Crippen LogP) is 6.21. The molecule has 0 aliphatic carbocycles. The van der Waals surface area contributed by atoms with Crippen molar-refractivity contribution in [1.29, 1.82) is 0 Å². The van der Waals surface area contributed by atoms with Gasteiger partial charge in [-0.05, 0) is 49.6 Å². The summed E-state index contributed by atoms with van der Waals surface area (Å²) in [4.78, 5) is 15.6. The van der Waals surface area contributed by atoms with Gasteiger partial charge in [-0.25, -0.2) is 4.98 Å². The first kappa shape index (κ1) is 23.4. The highest BCUT2D eigenvalue weighted by Gasteiger charge is 2.03. The minimum atomic E-state index is 0.0219. The summed E-state index contributed by atoms with van der Waals surface area (Å²) in [6.07, 6.45) is 14.6. The third kappa shape index (κ3) is 8.64. The Morgan fingerprint density at radius 3 is 2.23 bits per heavy atom. The van der Waals surface area contributed by atoms with Gasteiger partial charge in [-0.15, -0.1) is 0 Å². The van der Waals surface area contributed by atoms with Gasteiger partial charge in [0.15, 0.2) is 0 Å². The normalized spacial score (nSPS) is 10.2. The molecule has 1 heterocycles. The van der Waals surface area contributed by atoms with E-state index in [0.29, 0.717) is 6.54 Å². The molecule has 160 valence electrons. The van der Waals surface area contributed by atoms with E-state index in [1.165, 1.54) is 44.1 Å². The molecule has 3 rings (SSSR count). The lowest BCUT2D eigenvalue weighted by Gasteiger charge is -2.05. The molecule has 0 radical (unpaired) electrons. The van der Waals surface area contributed by atoms with Crippen LogP contribution in [-0.2, 0) is 6.42 Å². The predicted molar refractivity (Wildman–Crippen MR) is 125 cm³/mol. The minimum absolute atomic E-state index is 0.0219. The number of aryl methyl sites for hydroxylation is 1. The van der Waals surface area contributed by atoms with E-state index in [9.17, 15) is 4.79 Å². The van der Waals surface area contributed by atoms with Gasteiger partial charge >= 0.3 is 0 Å². The van der Waals surface area contributed by atoms with Crippen molar-refractivity contribution < 1.29 is 4.79 Å². The Hall–Kier alpha value is -2.88. The van der Waals surface area contributed by atoms with E-state index in [4.69, 9.17) is 0 Å². The van der Waals surface area contributed by atoms with Crippen LogP contribution in [0.15, 0.2) is 73.3 Å². The summed E-state index contributed by atoms with van der Waals surface area (Å²) in [5, 5.41) is 2.81. The average Bonchev–Trinajstić information content (AvgIpc) is 3.33. The molecule has 4 nitrogen and oxygen atoms in total. The molecule has 3 aromatic rings. The Morgan fingerprint density at radius 2 is 1.60 bits per heavy atom. The molecule has 0 atom stereocenters. The van der Waals surface area contributed by atoms with E-state index in [1.54, 1.807) is 12.5 Å². The third-order valence-electron chi connectivity index (χ3n) is 4.93. The smallest absolute Gasteiger partial charge is 0.251 e. The highest BCUT2D eigenvalue weighted by Crippen LogP contribution is 2.11. The number of aromatic nitrogens is 2. The summed E-state index contributed by atoms with van der Waals surface area (Å²) in [6.45, 7) is 4.86. The second kappa shape index (κ2) is 14.2. The van der Waals surface area contributed by atoms with Crippen molar-refractivity contribution >= 4 is 5.91 Å². The number of nitrogens with zero attached hydrogens (tertiary/aromatic N) is 2. The zero-order valence-electron chi connectivity index (χ0n) is 18.4. The fourth-order valence-electron chi connectivity index (χ4n) is 3.21. The first-order valence-corrected chi connectivity index (χ1v) is 11.1. The summed E-state index contributed by atoms with van der Waals surface area (Å²) >= 11 is 0. The van der Waals surface area contributed by atoms with Crippen molar-refractivity contribution in [3.8, 4) is 5.69 Å². The summed E-state index contributed by atoms with van der Waals surface area (Å²) in [5.41, 5.74) is 3.24. The van der Waals surface area contributed by atoms with Gasteiger partial charge in [0.1, 0.15) is 0 Å². The van der Waals surface area contributed by atoms with E-state index in [0.717, 1.165) is 17.7 Å². The molecular weight excluding hydrogens is 370 g/mol. The molecule has 0 aliphatic rings. The van der Waals surface area contributed by atoms with Crippen LogP contribution in [0.3, 0.4) is 0 Å². The van der Waals surface area contributed by atoms with Gasteiger partial charge in [0.2, 0.25) is 0 Å². The first-order chi connectivity index (χ1) is 14.7. The van der Waals surface area contributed by atoms with Crippen LogP contribution in [0.4, 0.5) is 0 Å². The molecule has 0 fully saturated rings. The SMILES string of the molecule is CCCCCCCCc1ccc(C(=O)NCC)cc1.c1ccc(-n2ccnc2)cc1. The quantitative estimate of drug-likeness (QED) is 0.408. The first-order valence-electron chi connectivity index (χ1n) is 11.1. The van der Waals surface area contributed by atoms with E-state index in [2.05, 4.69) is 29.4 Å². The van der Waals surface area contributed by atoms with Crippen LogP contribution < -0.4 is 5.32 Å². The van der Waals surface area contributed by atoms with Crippen molar-refractivity contribution in [3.05, 3.63) is 84.4 Å². The zero-order chi connectivity index (χ0) is 21.4. The number of amides is 1. The van der Waals surface area contributed by atoms with Crippen LogP contribution >= 0.6 is 0 Å². The fourth-order valence-corrected chi connectivity index (χ4v) is 3.21. The summed E-state index contributed by atoms with van der Waals surface area (Å²) in [5.74, 6) is 0.0219. The largest absolute Gasteiger partial charge is 0.352 e. The molecule has 1 N–H and O–H groups in total. The van der Waals surface area contributed by atoms with Gasteiger partial charge < -0.3 is 9.88 Å². The highest BCUT2D eigenvalue weighted by molar-refractivity contribution is 5.94. The molecule has 1 aromatic heterocycles. The lowest BCUT2D eigenvalue weighted by atomic mass is 10.0. The van der Waals surface area contributed by atoms with Gasteiger partial charge in [-0.1, -0.05) is 69.4 Å². The number of unbranched alkanes of at least 4 members (excludes halogenated alkanes) is 5. The molecule has 0 saturated carbocycles. The van der Waals surface area contributed by atoms with Crippen molar-refractivity contribution in [3.63, 3.8) is 0 Å². The number of rotatable bonds is 10. The molecule has 1 amide bonds. The van der Waals surface area contributed by atoms with Crippen molar-refractivity contribution in [2.24, 2.45) is 0 Å². The van der Waals surface area contributed by atoms with Gasteiger partial charge in [0.25, 0.3) is 5.91 Å². The molecule has 0 saturated heterocycles. The maximum absolute atomic E-state index is 11.6. The highest BCUT2D eigenvalue weighted by atomic mass is 16.1. The van der Waals surface area contributed by atoms with Crippen LogP contribution in [0.1, 0.15) is 68.3 Å². The Kier molecular flexibility index (Phi) is 11.0. The van der Waals surface area contributed by atoms with Crippen molar-refractivity contribution in [2.45, 2.75) is 58.8 Å². The molecule has 4 heteroatoms. The molecule has 2 aromatic carbocycles. The summed E-state index contributed by atoms with van der Waals surface area (Å²) < 4.78 is 1.97. The monoisotopic (exact) mass is 405 g/mol. The Morgan fingerprint density at radius 1 is 0.900 bits per heavy atom. The van der Waals surface area contributed by atoms with E-state index >= 15 is 0 Å². The molecule has 30 heavy (non-hydrogen) atoms. The third-order valence-corrected chi connectivity index (χ3v) is 4.93. The van der Waals surface area contributed by atoms with Crippen LogP contribution in [0.2, 0.25) is 0 Å². The van der Waals surface area contributed by atoms with Crippen LogP contribution in [0.25, 0.3) is 5.69 Å². The molecule has 0 spiro atoms. The number of para-hydroxylation sites is 1. The van der Waals surface area contributed by atoms with Crippen LogP contribution in [-0.4, -0.2) is 22.0 Å². The Labute approximate surface area is 181 Å². The lowest BCUT2D eigenvalue weighted by molar-refractivity contribution is 0.0956. The topological polar surface area (TPSA) is 46.9 Å². The number of nitrogens with one attached hydrogen (secondary N) is 1. The molecule has 0 bridgehead atoms. The van der Waals surface area contributed by atoms with Crippen LogP contribution in [0.5, 0.6) is 0 Å². The Balaban J connectivity index is 0.000000244. The van der Waals surface area contributed by atoms with E-state index in [1.807, 2.05) is 60.2 Å². The van der Waals surface area contributed by atoms with Gasteiger partial charge in [-0.2, -0.15) is 0 Å².